The van der Waals surface area contributed by atoms with Crippen LogP contribution in [0.4, 0.5) is 0 Å². The molecule has 0 bridgehead atoms. The lowest BCUT2D eigenvalue weighted by molar-refractivity contribution is 0.206. The van der Waals surface area contributed by atoms with Gasteiger partial charge in [-0.15, -0.1) is 0 Å². The highest BCUT2D eigenvalue weighted by Crippen LogP contribution is 2.23. The van der Waals surface area contributed by atoms with Gasteiger partial charge in [0.1, 0.15) is 0 Å². The monoisotopic (exact) mass is 312 g/mol. The van der Waals surface area contributed by atoms with Crippen molar-refractivity contribution in [3.05, 3.63) is 23.9 Å². The summed E-state index contributed by atoms with van der Waals surface area (Å²) in [5.74, 6) is 0.759. The van der Waals surface area contributed by atoms with Crippen LogP contribution in [0.15, 0.2) is 18.3 Å². The quantitative estimate of drug-likeness (QED) is 0.798. The first-order valence-electron chi connectivity index (χ1n) is 6.63. The van der Waals surface area contributed by atoms with E-state index in [9.17, 15) is 0 Å². The van der Waals surface area contributed by atoms with Crippen molar-refractivity contribution in [2.45, 2.75) is 38.3 Å². The highest BCUT2D eigenvalue weighted by molar-refractivity contribution is 9.09. The Morgan fingerprint density at radius 1 is 1.44 bits per heavy atom. The molecule has 2 rings (SSSR count). The molecule has 0 spiro atoms. The summed E-state index contributed by atoms with van der Waals surface area (Å²) in [5, 5.41) is 1.05. The molecule has 100 valence electrons. The lowest BCUT2D eigenvalue weighted by atomic mass is 10.1. The molecule has 1 saturated heterocycles. The molecular formula is C14H21BrN2O. The zero-order valence-electron chi connectivity index (χ0n) is 10.9. The normalized spacial score (nSPS) is 21.6. The number of hydrogen-bond acceptors (Lipinski definition) is 3. The third-order valence-corrected chi connectivity index (χ3v) is 4.34. The first kappa shape index (κ1) is 13.8. The smallest absolute Gasteiger partial charge is 0.217 e. The third-order valence-electron chi connectivity index (χ3n) is 3.59. The van der Waals surface area contributed by atoms with Gasteiger partial charge >= 0.3 is 0 Å². The molecule has 1 atom stereocenters. The van der Waals surface area contributed by atoms with Gasteiger partial charge in [-0.3, -0.25) is 4.90 Å². The zero-order valence-corrected chi connectivity index (χ0v) is 12.5. The Labute approximate surface area is 118 Å². The summed E-state index contributed by atoms with van der Waals surface area (Å²) in [6.07, 6.45) is 7.06. The number of ether oxygens (including phenoxy) is 1. The molecule has 1 aromatic heterocycles. The molecule has 0 saturated carbocycles. The first-order chi connectivity index (χ1) is 8.85. The van der Waals surface area contributed by atoms with Gasteiger partial charge < -0.3 is 4.74 Å². The number of aromatic nitrogens is 1. The minimum absolute atomic E-state index is 0.636. The Kier molecular flexibility index (Phi) is 5.45. The van der Waals surface area contributed by atoms with Crippen LogP contribution < -0.4 is 4.74 Å². The number of pyridine rings is 1. The predicted molar refractivity (Wildman–Crippen MR) is 77.2 cm³/mol. The summed E-state index contributed by atoms with van der Waals surface area (Å²) in [7, 11) is 1.69. The summed E-state index contributed by atoms with van der Waals surface area (Å²) in [5.41, 5.74) is 1.19. The molecule has 0 amide bonds. The molecule has 0 radical (unpaired) electrons. The zero-order chi connectivity index (χ0) is 12.8. The van der Waals surface area contributed by atoms with Crippen molar-refractivity contribution in [2.75, 3.05) is 19.0 Å². The van der Waals surface area contributed by atoms with Crippen molar-refractivity contribution < 1.29 is 4.74 Å². The van der Waals surface area contributed by atoms with Crippen molar-refractivity contribution in [2.24, 2.45) is 0 Å². The van der Waals surface area contributed by atoms with Crippen molar-refractivity contribution in [3.8, 4) is 5.88 Å². The van der Waals surface area contributed by atoms with E-state index in [1.54, 1.807) is 13.3 Å². The van der Waals surface area contributed by atoms with Crippen LogP contribution in [0.2, 0.25) is 0 Å². The standard InChI is InChI=1S/C14H21BrN2O/c1-18-14-12(6-5-8-16-14)11-17-9-4-2-3-7-13(17)10-15/h5-6,8,13H,2-4,7,9-11H2,1H3. The fourth-order valence-corrected chi connectivity index (χ4v) is 3.30. The molecule has 2 heterocycles. The predicted octanol–water partition coefficient (Wildman–Crippen LogP) is 3.23. The lowest BCUT2D eigenvalue weighted by Gasteiger charge is -2.28. The number of nitrogens with zero attached hydrogens (tertiary/aromatic N) is 2. The molecule has 1 aliphatic rings. The maximum Gasteiger partial charge on any atom is 0.217 e. The Hall–Kier alpha value is -0.610. The molecule has 18 heavy (non-hydrogen) atoms. The summed E-state index contributed by atoms with van der Waals surface area (Å²) in [4.78, 5) is 6.83. The fraction of sp³-hybridized carbons (Fsp3) is 0.643. The van der Waals surface area contributed by atoms with Gasteiger partial charge in [-0.2, -0.15) is 0 Å². The van der Waals surface area contributed by atoms with Crippen molar-refractivity contribution in [1.82, 2.24) is 9.88 Å². The molecular weight excluding hydrogens is 292 g/mol. The highest BCUT2D eigenvalue weighted by Gasteiger charge is 2.21. The minimum Gasteiger partial charge on any atom is -0.481 e. The maximum absolute atomic E-state index is 5.34. The molecule has 3 nitrogen and oxygen atoms in total. The number of hydrogen-bond donors (Lipinski definition) is 0. The van der Waals surface area contributed by atoms with Crippen LogP contribution in [0.3, 0.4) is 0 Å². The second kappa shape index (κ2) is 7.10. The fourth-order valence-electron chi connectivity index (χ4n) is 2.57. The Bertz CT molecular complexity index is 373. The van der Waals surface area contributed by atoms with Crippen LogP contribution in [0, 0.1) is 0 Å². The SMILES string of the molecule is COc1ncccc1CN1CCCCCC1CBr. The van der Waals surface area contributed by atoms with E-state index in [-0.39, 0.29) is 0 Å². The number of methoxy groups -OCH3 is 1. The number of rotatable bonds is 4. The van der Waals surface area contributed by atoms with E-state index in [0.29, 0.717) is 6.04 Å². The average Bonchev–Trinajstić information content (AvgIpc) is 2.64. The number of halogens is 1. The summed E-state index contributed by atoms with van der Waals surface area (Å²) in [6, 6.07) is 4.73. The summed E-state index contributed by atoms with van der Waals surface area (Å²) < 4.78 is 5.34. The number of alkyl halides is 1. The minimum atomic E-state index is 0.636. The molecule has 1 aliphatic heterocycles. The topological polar surface area (TPSA) is 25.4 Å². The second-order valence-electron chi connectivity index (χ2n) is 4.80. The number of likely N-dealkylation sites (tertiary alicyclic amines) is 1. The van der Waals surface area contributed by atoms with Crippen LogP contribution in [-0.2, 0) is 6.54 Å². The lowest BCUT2D eigenvalue weighted by Crippen LogP contribution is -2.35. The van der Waals surface area contributed by atoms with Crippen molar-refractivity contribution in [1.29, 1.82) is 0 Å². The highest BCUT2D eigenvalue weighted by atomic mass is 79.9. The van der Waals surface area contributed by atoms with Crippen LogP contribution >= 0.6 is 15.9 Å². The largest absolute Gasteiger partial charge is 0.481 e. The van der Waals surface area contributed by atoms with Crippen molar-refractivity contribution in [3.63, 3.8) is 0 Å². The second-order valence-corrected chi connectivity index (χ2v) is 5.45. The molecule has 1 aromatic rings. The summed E-state index contributed by atoms with van der Waals surface area (Å²) >= 11 is 3.65. The van der Waals surface area contributed by atoms with Gasteiger partial charge in [-0.05, 0) is 25.5 Å². The van der Waals surface area contributed by atoms with E-state index in [2.05, 4.69) is 31.9 Å². The van der Waals surface area contributed by atoms with Crippen LogP contribution in [-0.4, -0.2) is 34.9 Å². The van der Waals surface area contributed by atoms with E-state index in [4.69, 9.17) is 4.74 Å². The van der Waals surface area contributed by atoms with Crippen molar-refractivity contribution >= 4 is 15.9 Å². The molecule has 0 N–H and O–H groups in total. The van der Waals surface area contributed by atoms with Gasteiger partial charge in [-0.1, -0.05) is 34.8 Å². The Morgan fingerprint density at radius 2 is 2.33 bits per heavy atom. The van der Waals surface area contributed by atoms with Gasteiger partial charge in [0.2, 0.25) is 5.88 Å². The Balaban J connectivity index is 2.10. The average molecular weight is 313 g/mol. The van der Waals surface area contributed by atoms with Gasteiger partial charge in [0.25, 0.3) is 0 Å². The van der Waals surface area contributed by atoms with E-state index in [0.717, 1.165) is 17.8 Å². The van der Waals surface area contributed by atoms with Gasteiger partial charge in [0.05, 0.1) is 7.11 Å². The van der Waals surface area contributed by atoms with Gasteiger partial charge in [0, 0.05) is 29.7 Å². The first-order valence-corrected chi connectivity index (χ1v) is 7.75. The van der Waals surface area contributed by atoms with Gasteiger partial charge in [-0.25, -0.2) is 4.98 Å². The van der Waals surface area contributed by atoms with E-state index < -0.39 is 0 Å². The maximum atomic E-state index is 5.34. The van der Waals surface area contributed by atoms with Gasteiger partial charge in [0.15, 0.2) is 0 Å². The molecule has 1 unspecified atom stereocenters. The molecule has 0 aromatic carbocycles. The third kappa shape index (κ3) is 3.45. The molecule has 4 heteroatoms. The molecule has 0 aliphatic carbocycles. The van der Waals surface area contributed by atoms with E-state index >= 15 is 0 Å². The van der Waals surface area contributed by atoms with Crippen LogP contribution in [0.1, 0.15) is 31.2 Å². The molecule has 1 fully saturated rings. The Morgan fingerprint density at radius 3 is 3.11 bits per heavy atom. The van der Waals surface area contributed by atoms with E-state index in [1.807, 2.05) is 6.07 Å². The van der Waals surface area contributed by atoms with Crippen LogP contribution in [0.5, 0.6) is 5.88 Å². The van der Waals surface area contributed by atoms with Crippen LogP contribution in [0.25, 0.3) is 0 Å². The summed E-state index contributed by atoms with van der Waals surface area (Å²) in [6.45, 7) is 2.11. The van der Waals surface area contributed by atoms with E-state index in [1.165, 1.54) is 37.8 Å².